The van der Waals surface area contributed by atoms with E-state index >= 15 is 0 Å². The quantitative estimate of drug-likeness (QED) is 0.556. The smallest absolute Gasteiger partial charge is 0.324 e. The third kappa shape index (κ3) is 6.29. The van der Waals surface area contributed by atoms with Crippen molar-refractivity contribution in [3.63, 3.8) is 0 Å². The van der Waals surface area contributed by atoms with Gasteiger partial charge in [-0.25, -0.2) is 4.79 Å². The molecule has 0 spiro atoms. The molecule has 1 aliphatic heterocycles. The zero-order valence-corrected chi connectivity index (χ0v) is 20.4. The molecule has 1 saturated heterocycles. The highest BCUT2D eigenvalue weighted by molar-refractivity contribution is 6.71. The SMILES string of the molecule is CCC(C(O[Si](C)(C)C)c1ccc(C(=O)O[Si](C)(C)C)cc1)N1CCCC1=O. The average molecular weight is 422 g/mol. The van der Waals surface area contributed by atoms with Crippen LogP contribution in [0.2, 0.25) is 39.3 Å². The van der Waals surface area contributed by atoms with Crippen molar-refractivity contribution in [2.75, 3.05) is 6.54 Å². The zero-order chi connectivity index (χ0) is 21.1. The minimum Gasteiger partial charge on any atom is -0.516 e. The van der Waals surface area contributed by atoms with Gasteiger partial charge in [0.05, 0.1) is 17.7 Å². The zero-order valence-electron chi connectivity index (χ0n) is 18.4. The van der Waals surface area contributed by atoms with Gasteiger partial charge in [-0.2, -0.15) is 0 Å². The van der Waals surface area contributed by atoms with E-state index in [1.165, 1.54) is 0 Å². The maximum absolute atomic E-state index is 12.4. The maximum atomic E-state index is 12.4. The van der Waals surface area contributed by atoms with Crippen LogP contribution in [0, 0.1) is 0 Å². The Morgan fingerprint density at radius 3 is 2.11 bits per heavy atom. The summed E-state index contributed by atoms with van der Waals surface area (Å²) >= 11 is 0. The predicted molar refractivity (Wildman–Crippen MR) is 117 cm³/mol. The number of amides is 1. The first-order valence-corrected chi connectivity index (χ1v) is 17.0. The highest BCUT2D eigenvalue weighted by Gasteiger charge is 2.36. The Kier molecular flexibility index (Phi) is 7.28. The fourth-order valence-electron chi connectivity index (χ4n) is 3.51. The molecule has 2 atom stereocenters. The number of rotatable bonds is 8. The van der Waals surface area contributed by atoms with Crippen LogP contribution in [0.1, 0.15) is 48.2 Å². The molecule has 7 heteroatoms. The Balaban J connectivity index is 2.30. The van der Waals surface area contributed by atoms with Crippen LogP contribution < -0.4 is 0 Å². The van der Waals surface area contributed by atoms with E-state index < -0.39 is 16.6 Å². The van der Waals surface area contributed by atoms with Crippen LogP contribution in [0.5, 0.6) is 0 Å². The summed E-state index contributed by atoms with van der Waals surface area (Å²) in [5.41, 5.74) is 1.57. The molecule has 1 aromatic rings. The highest BCUT2D eigenvalue weighted by Crippen LogP contribution is 2.33. The normalized spacial score (nSPS) is 17.5. The molecule has 28 heavy (non-hydrogen) atoms. The van der Waals surface area contributed by atoms with Crippen LogP contribution in [0.4, 0.5) is 0 Å². The maximum Gasteiger partial charge on any atom is 0.324 e. The van der Waals surface area contributed by atoms with E-state index in [0.717, 1.165) is 24.9 Å². The van der Waals surface area contributed by atoms with Crippen molar-refractivity contribution >= 4 is 28.5 Å². The molecule has 1 aromatic carbocycles. The number of hydrogen-bond acceptors (Lipinski definition) is 4. The van der Waals surface area contributed by atoms with E-state index in [1.54, 1.807) is 0 Å². The molecule has 1 amide bonds. The summed E-state index contributed by atoms with van der Waals surface area (Å²) in [7, 11) is -3.78. The van der Waals surface area contributed by atoms with Gasteiger partial charge in [0, 0.05) is 13.0 Å². The van der Waals surface area contributed by atoms with Crippen LogP contribution >= 0.6 is 0 Å². The molecule has 156 valence electrons. The van der Waals surface area contributed by atoms with Crippen LogP contribution in [0.15, 0.2) is 24.3 Å². The van der Waals surface area contributed by atoms with Crippen LogP contribution in [-0.4, -0.2) is 46.0 Å². The molecule has 0 saturated carbocycles. The Morgan fingerprint density at radius 1 is 1.07 bits per heavy atom. The lowest BCUT2D eigenvalue weighted by atomic mass is 9.98. The van der Waals surface area contributed by atoms with Crippen molar-refractivity contribution in [3.8, 4) is 0 Å². The van der Waals surface area contributed by atoms with Gasteiger partial charge < -0.3 is 13.8 Å². The second-order valence-electron chi connectivity index (χ2n) is 9.44. The molecule has 1 aliphatic rings. The van der Waals surface area contributed by atoms with E-state index in [4.69, 9.17) is 8.85 Å². The first kappa shape index (κ1) is 22.8. The topological polar surface area (TPSA) is 55.8 Å². The van der Waals surface area contributed by atoms with Gasteiger partial charge in [-0.1, -0.05) is 19.1 Å². The average Bonchev–Trinajstić information content (AvgIpc) is 2.98. The minimum atomic E-state index is -1.93. The molecule has 2 unspecified atom stereocenters. The highest BCUT2D eigenvalue weighted by atomic mass is 28.4. The van der Waals surface area contributed by atoms with Gasteiger partial charge in [-0.3, -0.25) is 4.79 Å². The summed E-state index contributed by atoms with van der Waals surface area (Å²) in [6, 6.07) is 7.55. The van der Waals surface area contributed by atoms with Gasteiger partial charge in [-0.05, 0) is 69.8 Å². The van der Waals surface area contributed by atoms with Gasteiger partial charge in [0.25, 0.3) is 0 Å². The largest absolute Gasteiger partial charge is 0.516 e. The van der Waals surface area contributed by atoms with Crippen molar-refractivity contribution in [1.82, 2.24) is 4.90 Å². The second-order valence-corrected chi connectivity index (χ2v) is 18.3. The lowest BCUT2D eigenvalue weighted by Crippen LogP contribution is -2.44. The predicted octanol–water partition coefficient (Wildman–Crippen LogP) is 4.97. The summed E-state index contributed by atoms with van der Waals surface area (Å²) in [5.74, 6) is -0.0542. The molecule has 0 aromatic heterocycles. The van der Waals surface area contributed by atoms with E-state index in [-0.39, 0.29) is 24.0 Å². The number of hydrogen-bond donors (Lipinski definition) is 0. The third-order valence-electron chi connectivity index (χ3n) is 4.63. The Morgan fingerprint density at radius 2 is 1.68 bits per heavy atom. The number of likely N-dealkylation sites (tertiary alicyclic amines) is 1. The molecular weight excluding hydrogens is 386 g/mol. The third-order valence-corrected chi connectivity index (χ3v) is 6.39. The number of carbonyl (C=O) groups is 2. The fourth-order valence-corrected chi connectivity index (χ4v) is 5.24. The summed E-state index contributed by atoms with van der Waals surface area (Å²) in [4.78, 5) is 26.7. The van der Waals surface area contributed by atoms with Gasteiger partial charge in [0.1, 0.15) is 0 Å². The van der Waals surface area contributed by atoms with Gasteiger partial charge in [-0.15, -0.1) is 0 Å². The van der Waals surface area contributed by atoms with E-state index in [2.05, 4.69) is 26.6 Å². The first-order chi connectivity index (χ1) is 12.9. The molecular formula is C21H35NO4Si2. The standard InChI is InChI=1S/C21H35NO4Si2/c1-8-18(22-15-9-10-19(22)23)20(25-27(2,3)4)16-11-13-17(14-12-16)21(24)26-28(5,6)7/h11-14,18,20H,8-10,15H2,1-7H3. The summed E-state index contributed by atoms with van der Waals surface area (Å²) in [6.45, 7) is 15.4. The lowest BCUT2D eigenvalue weighted by Gasteiger charge is -2.37. The minimum absolute atomic E-state index is 0.0153. The Labute approximate surface area is 171 Å². The number of benzene rings is 1. The van der Waals surface area contributed by atoms with Crippen molar-refractivity contribution in [1.29, 1.82) is 0 Å². The van der Waals surface area contributed by atoms with E-state index in [9.17, 15) is 9.59 Å². The summed E-state index contributed by atoms with van der Waals surface area (Å²) in [6.07, 6.45) is 2.19. The molecule has 2 rings (SSSR count). The van der Waals surface area contributed by atoms with Crippen molar-refractivity contribution in [3.05, 3.63) is 35.4 Å². The molecule has 0 aliphatic carbocycles. The summed E-state index contributed by atoms with van der Waals surface area (Å²) in [5, 5.41) is 0. The Bertz CT molecular complexity index is 692. The number of nitrogens with zero attached hydrogens (tertiary/aromatic N) is 1. The Hall–Kier alpha value is -1.45. The van der Waals surface area contributed by atoms with Crippen molar-refractivity contribution < 1.29 is 18.4 Å². The fraction of sp³-hybridized carbons (Fsp3) is 0.619. The van der Waals surface area contributed by atoms with Gasteiger partial charge >= 0.3 is 5.97 Å². The van der Waals surface area contributed by atoms with Gasteiger partial charge in [0.15, 0.2) is 8.32 Å². The molecule has 1 fully saturated rings. The molecule has 0 radical (unpaired) electrons. The lowest BCUT2D eigenvalue weighted by molar-refractivity contribution is -0.131. The molecule has 5 nitrogen and oxygen atoms in total. The monoisotopic (exact) mass is 421 g/mol. The first-order valence-electron chi connectivity index (χ1n) is 10.2. The number of carbonyl (C=O) groups excluding carboxylic acids is 2. The molecule has 0 N–H and O–H groups in total. The van der Waals surface area contributed by atoms with Gasteiger partial charge in [0.2, 0.25) is 14.2 Å². The summed E-state index contributed by atoms with van der Waals surface area (Å²) < 4.78 is 12.1. The van der Waals surface area contributed by atoms with Crippen molar-refractivity contribution in [2.45, 2.75) is 77.6 Å². The molecule has 0 bridgehead atoms. The van der Waals surface area contributed by atoms with E-state index in [1.807, 2.05) is 48.8 Å². The van der Waals surface area contributed by atoms with Crippen LogP contribution in [0.3, 0.4) is 0 Å². The second kappa shape index (κ2) is 8.92. The van der Waals surface area contributed by atoms with Crippen molar-refractivity contribution in [2.24, 2.45) is 0 Å². The van der Waals surface area contributed by atoms with Crippen LogP contribution in [-0.2, 0) is 13.6 Å². The van der Waals surface area contributed by atoms with E-state index in [0.29, 0.717) is 12.0 Å². The van der Waals surface area contributed by atoms with Crippen LogP contribution in [0.25, 0.3) is 0 Å². The molecule has 1 heterocycles.